The van der Waals surface area contributed by atoms with Crippen molar-refractivity contribution in [1.82, 2.24) is 15.5 Å². The van der Waals surface area contributed by atoms with Gasteiger partial charge in [0.2, 0.25) is 0 Å². The molecule has 2 aliphatic rings. The van der Waals surface area contributed by atoms with Gasteiger partial charge in [-0.15, -0.1) is 0 Å². The quantitative estimate of drug-likeness (QED) is 0.789. The molecule has 19 heavy (non-hydrogen) atoms. The molecular formula is C13H12FN3O2. The van der Waals surface area contributed by atoms with Crippen LogP contribution in [0.1, 0.15) is 11.6 Å². The zero-order valence-electron chi connectivity index (χ0n) is 10.2. The predicted octanol–water partition coefficient (Wildman–Crippen LogP) is 0.906. The van der Waals surface area contributed by atoms with Crippen LogP contribution >= 0.6 is 0 Å². The van der Waals surface area contributed by atoms with Gasteiger partial charge in [-0.25, -0.2) is 9.18 Å². The van der Waals surface area contributed by atoms with Crippen LogP contribution in [0.4, 0.5) is 9.18 Å². The highest BCUT2D eigenvalue weighted by Crippen LogP contribution is 2.31. The molecule has 0 aromatic heterocycles. The lowest BCUT2D eigenvalue weighted by molar-refractivity contribution is -0.124. The van der Waals surface area contributed by atoms with E-state index in [0.29, 0.717) is 23.4 Å². The predicted molar refractivity (Wildman–Crippen MR) is 65.5 cm³/mol. The van der Waals surface area contributed by atoms with Gasteiger partial charge in [0.15, 0.2) is 0 Å². The van der Waals surface area contributed by atoms with Crippen molar-refractivity contribution in [2.24, 2.45) is 0 Å². The minimum atomic E-state index is -0.526. The Morgan fingerprint density at radius 2 is 1.95 bits per heavy atom. The molecule has 6 heteroatoms. The molecule has 1 unspecified atom stereocenters. The molecule has 2 aliphatic heterocycles. The highest BCUT2D eigenvalue weighted by Gasteiger charge is 2.38. The van der Waals surface area contributed by atoms with Gasteiger partial charge in [-0.1, -0.05) is 12.1 Å². The number of carbonyl (C=O) groups is 2. The van der Waals surface area contributed by atoms with E-state index in [2.05, 4.69) is 10.6 Å². The van der Waals surface area contributed by atoms with Crippen molar-refractivity contribution in [3.8, 4) is 0 Å². The second-order valence-corrected chi connectivity index (χ2v) is 4.64. The Balaban J connectivity index is 2.04. The summed E-state index contributed by atoms with van der Waals surface area (Å²) in [6.07, 6.45) is 0. The third-order valence-corrected chi connectivity index (χ3v) is 3.33. The summed E-state index contributed by atoms with van der Waals surface area (Å²) >= 11 is 0. The average molecular weight is 261 g/mol. The van der Waals surface area contributed by atoms with E-state index in [0.717, 1.165) is 0 Å². The minimum Gasteiger partial charge on any atom is -0.336 e. The molecule has 0 bridgehead atoms. The van der Waals surface area contributed by atoms with Crippen LogP contribution in [0.15, 0.2) is 35.5 Å². The smallest absolute Gasteiger partial charge is 0.319 e. The molecule has 2 N–H and O–H groups in total. The Morgan fingerprint density at radius 1 is 1.26 bits per heavy atom. The van der Waals surface area contributed by atoms with Gasteiger partial charge in [0.1, 0.15) is 5.82 Å². The summed E-state index contributed by atoms with van der Waals surface area (Å²) in [6.45, 7) is 0.388. The molecule has 3 rings (SSSR count). The molecule has 1 aromatic rings. The Kier molecular flexibility index (Phi) is 2.51. The molecule has 0 radical (unpaired) electrons. The lowest BCUT2D eigenvalue weighted by Crippen LogP contribution is -2.44. The lowest BCUT2D eigenvalue weighted by atomic mass is 9.96. The molecular weight excluding hydrogens is 249 g/mol. The van der Waals surface area contributed by atoms with E-state index in [-0.39, 0.29) is 17.8 Å². The summed E-state index contributed by atoms with van der Waals surface area (Å²) in [4.78, 5) is 25.2. The molecule has 1 aromatic carbocycles. The average Bonchev–Trinajstić information content (AvgIpc) is 2.65. The normalized spacial score (nSPS) is 22.2. The summed E-state index contributed by atoms with van der Waals surface area (Å²) in [5.41, 5.74) is 1.83. The summed E-state index contributed by atoms with van der Waals surface area (Å²) < 4.78 is 13.0. The van der Waals surface area contributed by atoms with Gasteiger partial charge in [-0.2, -0.15) is 0 Å². The number of rotatable bonds is 1. The summed E-state index contributed by atoms with van der Waals surface area (Å²) in [5, 5.41) is 5.34. The fourth-order valence-electron chi connectivity index (χ4n) is 2.42. The monoisotopic (exact) mass is 261 g/mol. The standard InChI is InChI=1S/C13H12FN3O2/c1-17-6-9-10(12(17)18)11(16-13(19)15-9)7-2-4-8(14)5-3-7/h2-5,11H,6H2,1H3,(H2,15,16,19). The van der Waals surface area contributed by atoms with Crippen molar-refractivity contribution in [2.75, 3.05) is 13.6 Å². The number of benzene rings is 1. The first-order valence-corrected chi connectivity index (χ1v) is 5.88. The van der Waals surface area contributed by atoms with E-state index in [4.69, 9.17) is 0 Å². The maximum Gasteiger partial charge on any atom is 0.319 e. The Labute approximate surface area is 109 Å². The molecule has 0 aliphatic carbocycles. The van der Waals surface area contributed by atoms with E-state index >= 15 is 0 Å². The molecule has 0 fully saturated rings. The second kappa shape index (κ2) is 4.08. The third-order valence-electron chi connectivity index (χ3n) is 3.33. The van der Waals surface area contributed by atoms with Crippen molar-refractivity contribution in [3.63, 3.8) is 0 Å². The first kappa shape index (κ1) is 11.7. The summed E-state index contributed by atoms with van der Waals surface area (Å²) in [6, 6.07) is 4.89. The number of nitrogens with zero attached hydrogens (tertiary/aromatic N) is 1. The minimum absolute atomic E-state index is 0.128. The van der Waals surface area contributed by atoms with Crippen LogP contribution in [-0.2, 0) is 4.79 Å². The maximum atomic E-state index is 13.0. The molecule has 98 valence electrons. The molecule has 0 saturated heterocycles. The van der Waals surface area contributed by atoms with Gasteiger partial charge in [0, 0.05) is 7.05 Å². The van der Waals surface area contributed by atoms with Gasteiger partial charge in [0.25, 0.3) is 5.91 Å². The van der Waals surface area contributed by atoms with Crippen molar-refractivity contribution in [1.29, 1.82) is 0 Å². The molecule has 0 saturated carbocycles. The first-order chi connectivity index (χ1) is 9.06. The zero-order valence-corrected chi connectivity index (χ0v) is 10.2. The Hall–Kier alpha value is -2.37. The molecule has 0 spiro atoms. The third kappa shape index (κ3) is 1.85. The summed E-state index contributed by atoms with van der Waals surface area (Å²) in [7, 11) is 1.68. The number of amides is 3. The van der Waals surface area contributed by atoms with Gasteiger partial charge in [0.05, 0.1) is 23.9 Å². The van der Waals surface area contributed by atoms with Crippen LogP contribution in [0.2, 0.25) is 0 Å². The highest BCUT2D eigenvalue weighted by atomic mass is 19.1. The van der Waals surface area contributed by atoms with E-state index in [9.17, 15) is 14.0 Å². The number of urea groups is 1. The van der Waals surface area contributed by atoms with E-state index < -0.39 is 6.04 Å². The van der Waals surface area contributed by atoms with Crippen molar-refractivity contribution in [3.05, 3.63) is 46.9 Å². The molecule has 3 amide bonds. The topological polar surface area (TPSA) is 61.4 Å². The Bertz CT molecular complexity index is 594. The largest absolute Gasteiger partial charge is 0.336 e. The van der Waals surface area contributed by atoms with Crippen LogP contribution in [0, 0.1) is 5.82 Å². The number of carbonyl (C=O) groups excluding carboxylic acids is 2. The number of halogens is 1. The van der Waals surface area contributed by atoms with E-state index in [1.807, 2.05) is 0 Å². The fraction of sp³-hybridized carbons (Fsp3) is 0.231. The van der Waals surface area contributed by atoms with Crippen LogP contribution in [0.25, 0.3) is 0 Å². The van der Waals surface area contributed by atoms with Gasteiger partial charge in [-0.05, 0) is 17.7 Å². The molecule has 2 heterocycles. The first-order valence-electron chi connectivity index (χ1n) is 5.88. The molecule has 1 atom stereocenters. The summed E-state index contributed by atoms with van der Waals surface area (Å²) in [5.74, 6) is -0.482. The van der Waals surface area contributed by atoms with Crippen LogP contribution in [0.3, 0.4) is 0 Å². The number of likely N-dealkylation sites (N-methyl/N-ethyl adjacent to an activating group) is 1. The number of nitrogens with one attached hydrogen (secondary N) is 2. The number of hydrogen-bond acceptors (Lipinski definition) is 2. The van der Waals surface area contributed by atoms with Crippen LogP contribution in [0.5, 0.6) is 0 Å². The van der Waals surface area contributed by atoms with E-state index in [1.165, 1.54) is 17.0 Å². The second-order valence-electron chi connectivity index (χ2n) is 4.64. The van der Waals surface area contributed by atoms with Crippen molar-refractivity contribution < 1.29 is 14.0 Å². The highest BCUT2D eigenvalue weighted by molar-refractivity contribution is 6.01. The maximum absolute atomic E-state index is 13.0. The lowest BCUT2D eigenvalue weighted by Gasteiger charge is -2.25. The van der Waals surface area contributed by atoms with E-state index in [1.54, 1.807) is 19.2 Å². The Morgan fingerprint density at radius 3 is 2.63 bits per heavy atom. The van der Waals surface area contributed by atoms with Crippen molar-refractivity contribution in [2.45, 2.75) is 6.04 Å². The van der Waals surface area contributed by atoms with Gasteiger partial charge in [-0.3, -0.25) is 4.79 Å². The zero-order chi connectivity index (χ0) is 13.6. The molecule has 5 nitrogen and oxygen atoms in total. The van der Waals surface area contributed by atoms with Gasteiger partial charge < -0.3 is 15.5 Å². The van der Waals surface area contributed by atoms with Gasteiger partial charge >= 0.3 is 6.03 Å². The van der Waals surface area contributed by atoms with Crippen LogP contribution < -0.4 is 10.6 Å². The fourth-order valence-corrected chi connectivity index (χ4v) is 2.42. The van der Waals surface area contributed by atoms with Crippen molar-refractivity contribution >= 4 is 11.9 Å². The van der Waals surface area contributed by atoms with Crippen LogP contribution in [-0.4, -0.2) is 30.4 Å². The SMILES string of the molecule is CN1CC2=C(C1=O)C(c1ccc(F)cc1)NC(=O)N2. The number of hydrogen-bond donors (Lipinski definition) is 2.